The standard InChI is InChI=1S/C15H20N4O2S/c1-3-5-13(20)17-12-8-6-11(7-9-12)14(21)18-19-15(22)16-10-4-2/h4,6-9H,2-3,5,10H2,1H3,(H,17,20)(H,18,21)(H2,16,19,22). The van der Waals surface area contributed by atoms with Crippen LogP contribution in [-0.2, 0) is 4.79 Å². The van der Waals surface area contributed by atoms with E-state index in [1.807, 2.05) is 6.92 Å². The Morgan fingerprint density at radius 2 is 1.91 bits per heavy atom. The van der Waals surface area contributed by atoms with Crippen molar-refractivity contribution in [2.45, 2.75) is 19.8 Å². The second-order valence-electron chi connectivity index (χ2n) is 4.45. The fraction of sp³-hybridized carbons (Fsp3) is 0.267. The van der Waals surface area contributed by atoms with Crippen molar-refractivity contribution in [2.24, 2.45) is 0 Å². The monoisotopic (exact) mass is 320 g/mol. The molecule has 4 N–H and O–H groups in total. The van der Waals surface area contributed by atoms with Crippen LogP contribution in [0.4, 0.5) is 5.69 Å². The third-order valence-electron chi connectivity index (χ3n) is 2.60. The summed E-state index contributed by atoms with van der Waals surface area (Å²) in [6, 6.07) is 6.60. The molecular weight excluding hydrogens is 300 g/mol. The molecule has 0 fully saturated rings. The van der Waals surface area contributed by atoms with Crippen LogP contribution < -0.4 is 21.5 Å². The molecule has 0 saturated carbocycles. The Kier molecular flexibility index (Phi) is 7.63. The molecule has 6 nitrogen and oxygen atoms in total. The van der Waals surface area contributed by atoms with Crippen LogP contribution in [0.2, 0.25) is 0 Å². The molecule has 0 aliphatic heterocycles. The average Bonchev–Trinajstić information content (AvgIpc) is 2.51. The highest BCUT2D eigenvalue weighted by molar-refractivity contribution is 7.80. The molecule has 0 unspecified atom stereocenters. The quantitative estimate of drug-likeness (QED) is 0.364. The molecule has 0 aliphatic carbocycles. The predicted molar refractivity (Wildman–Crippen MR) is 91.4 cm³/mol. The Balaban J connectivity index is 2.48. The number of thiocarbonyl (C=S) groups is 1. The summed E-state index contributed by atoms with van der Waals surface area (Å²) in [5.41, 5.74) is 6.17. The van der Waals surface area contributed by atoms with Gasteiger partial charge in [-0.2, -0.15) is 0 Å². The molecule has 0 spiro atoms. The molecule has 1 aromatic rings. The zero-order valence-electron chi connectivity index (χ0n) is 12.4. The number of hydrogen-bond acceptors (Lipinski definition) is 3. The summed E-state index contributed by atoms with van der Waals surface area (Å²) < 4.78 is 0. The van der Waals surface area contributed by atoms with Crippen molar-refractivity contribution < 1.29 is 9.59 Å². The number of carbonyl (C=O) groups excluding carboxylic acids is 2. The molecule has 7 heteroatoms. The van der Waals surface area contributed by atoms with E-state index < -0.39 is 0 Å². The number of benzene rings is 1. The highest BCUT2D eigenvalue weighted by atomic mass is 32.1. The molecule has 0 atom stereocenters. The highest BCUT2D eigenvalue weighted by Gasteiger charge is 2.06. The summed E-state index contributed by atoms with van der Waals surface area (Å²) in [5, 5.41) is 5.88. The average molecular weight is 320 g/mol. The van der Waals surface area contributed by atoms with E-state index in [9.17, 15) is 9.59 Å². The lowest BCUT2D eigenvalue weighted by Crippen LogP contribution is -2.46. The summed E-state index contributed by atoms with van der Waals surface area (Å²) in [6.07, 6.45) is 2.92. The molecule has 0 aromatic heterocycles. The molecular formula is C15H20N4O2S. The summed E-state index contributed by atoms with van der Waals surface area (Å²) in [6.45, 7) is 6.00. The highest BCUT2D eigenvalue weighted by Crippen LogP contribution is 2.10. The Labute approximate surface area is 135 Å². The number of amides is 2. The summed E-state index contributed by atoms with van der Waals surface area (Å²) >= 11 is 4.95. The van der Waals surface area contributed by atoms with Crippen LogP contribution >= 0.6 is 12.2 Å². The lowest BCUT2D eigenvalue weighted by atomic mass is 10.2. The molecule has 22 heavy (non-hydrogen) atoms. The van der Waals surface area contributed by atoms with Gasteiger partial charge in [-0.05, 0) is 42.9 Å². The van der Waals surface area contributed by atoms with Crippen LogP contribution in [0.3, 0.4) is 0 Å². The molecule has 0 bridgehead atoms. The first kappa shape index (κ1) is 17.6. The first-order valence-corrected chi connectivity index (χ1v) is 7.32. The SMILES string of the molecule is C=CCNC(=S)NNC(=O)c1ccc(NC(=O)CCC)cc1. The van der Waals surface area contributed by atoms with Crippen LogP contribution in [-0.4, -0.2) is 23.5 Å². The summed E-state index contributed by atoms with van der Waals surface area (Å²) in [4.78, 5) is 23.4. The van der Waals surface area contributed by atoms with Gasteiger partial charge in [-0.1, -0.05) is 13.0 Å². The van der Waals surface area contributed by atoms with Crippen LogP contribution in [0, 0.1) is 0 Å². The first-order chi connectivity index (χ1) is 10.6. The maximum Gasteiger partial charge on any atom is 0.269 e. The van der Waals surface area contributed by atoms with Crippen molar-refractivity contribution in [1.82, 2.24) is 16.2 Å². The normalized spacial score (nSPS) is 9.50. The number of nitrogens with one attached hydrogen (secondary N) is 4. The van der Waals surface area contributed by atoms with Crippen molar-refractivity contribution in [1.29, 1.82) is 0 Å². The van der Waals surface area contributed by atoms with Gasteiger partial charge >= 0.3 is 0 Å². The molecule has 0 aliphatic rings. The van der Waals surface area contributed by atoms with Crippen LogP contribution in [0.15, 0.2) is 36.9 Å². The first-order valence-electron chi connectivity index (χ1n) is 6.91. The minimum absolute atomic E-state index is 0.0417. The van der Waals surface area contributed by atoms with E-state index in [-0.39, 0.29) is 11.8 Å². The molecule has 118 valence electrons. The lowest BCUT2D eigenvalue weighted by Gasteiger charge is -2.10. The molecule has 2 amide bonds. The molecule has 0 saturated heterocycles. The van der Waals surface area contributed by atoms with Gasteiger partial charge in [0.25, 0.3) is 5.91 Å². The second kappa shape index (κ2) is 9.51. The maximum atomic E-state index is 11.9. The van der Waals surface area contributed by atoms with Crippen molar-refractivity contribution in [3.05, 3.63) is 42.5 Å². The third kappa shape index (κ3) is 6.36. The molecule has 0 radical (unpaired) electrons. The fourth-order valence-corrected chi connectivity index (χ4v) is 1.68. The predicted octanol–water partition coefficient (Wildman–Crippen LogP) is 1.72. The number of carbonyl (C=O) groups is 2. The Morgan fingerprint density at radius 1 is 1.23 bits per heavy atom. The van der Waals surface area contributed by atoms with Crippen molar-refractivity contribution in [3.8, 4) is 0 Å². The molecule has 1 aromatic carbocycles. The van der Waals surface area contributed by atoms with E-state index in [0.29, 0.717) is 29.3 Å². The van der Waals surface area contributed by atoms with Crippen molar-refractivity contribution in [3.63, 3.8) is 0 Å². The lowest BCUT2D eigenvalue weighted by molar-refractivity contribution is -0.116. The Hall–Kier alpha value is -2.41. The Morgan fingerprint density at radius 3 is 2.50 bits per heavy atom. The number of hydrogen-bond donors (Lipinski definition) is 4. The van der Waals surface area contributed by atoms with Gasteiger partial charge in [0.05, 0.1) is 0 Å². The Bertz CT molecular complexity index is 543. The van der Waals surface area contributed by atoms with E-state index >= 15 is 0 Å². The smallest absolute Gasteiger partial charge is 0.269 e. The fourth-order valence-electron chi connectivity index (χ4n) is 1.55. The minimum atomic E-state index is -0.325. The summed E-state index contributed by atoms with van der Waals surface area (Å²) in [5.74, 6) is -0.366. The van der Waals surface area contributed by atoms with E-state index in [1.54, 1.807) is 30.3 Å². The van der Waals surface area contributed by atoms with E-state index in [4.69, 9.17) is 12.2 Å². The van der Waals surface area contributed by atoms with E-state index in [0.717, 1.165) is 6.42 Å². The number of hydrazine groups is 1. The van der Waals surface area contributed by atoms with Gasteiger partial charge < -0.3 is 10.6 Å². The van der Waals surface area contributed by atoms with Crippen molar-refractivity contribution >= 4 is 34.8 Å². The summed E-state index contributed by atoms with van der Waals surface area (Å²) in [7, 11) is 0. The van der Waals surface area contributed by atoms with E-state index in [1.165, 1.54) is 0 Å². The van der Waals surface area contributed by atoms with Crippen LogP contribution in [0.5, 0.6) is 0 Å². The zero-order chi connectivity index (χ0) is 16.4. The molecule has 0 heterocycles. The van der Waals surface area contributed by atoms with Gasteiger partial charge in [0.2, 0.25) is 5.91 Å². The van der Waals surface area contributed by atoms with Crippen LogP contribution in [0.1, 0.15) is 30.1 Å². The van der Waals surface area contributed by atoms with Gasteiger partial charge in [0.1, 0.15) is 0 Å². The van der Waals surface area contributed by atoms with E-state index in [2.05, 4.69) is 28.1 Å². The largest absolute Gasteiger partial charge is 0.358 e. The topological polar surface area (TPSA) is 82.3 Å². The van der Waals surface area contributed by atoms with Crippen molar-refractivity contribution in [2.75, 3.05) is 11.9 Å². The van der Waals surface area contributed by atoms with Gasteiger partial charge in [0, 0.05) is 24.2 Å². The van der Waals surface area contributed by atoms with Gasteiger partial charge in [-0.3, -0.25) is 20.4 Å². The zero-order valence-corrected chi connectivity index (χ0v) is 13.3. The van der Waals surface area contributed by atoms with Gasteiger partial charge in [-0.25, -0.2) is 0 Å². The second-order valence-corrected chi connectivity index (χ2v) is 4.86. The third-order valence-corrected chi connectivity index (χ3v) is 2.85. The molecule has 1 rings (SSSR count). The van der Waals surface area contributed by atoms with Crippen LogP contribution in [0.25, 0.3) is 0 Å². The number of rotatable bonds is 6. The number of anilines is 1. The van der Waals surface area contributed by atoms with Gasteiger partial charge in [-0.15, -0.1) is 6.58 Å². The minimum Gasteiger partial charge on any atom is -0.358 e. The van der Waals surface area contributed by atoms with Gasteiger partial charge in [0.15, 0.2) is 5.11 Å². The maximum absolute atomic E-state index is 11.9.